The lowest BCUT2D eigenvalue weighted by molar-refractivity contribution is 0.0779. The van der Waals surface area contributed by atoms with E-state index in [1.165, 1.54) is 12.1 Å². The summed E-state index contributed by atoms with van der Waals surface area (Å²) in [6.07, 6.45) is 0.327. The van der Waals surface area contributed by atoms with Gasteiger partial charge in [-0.1, -0.05) is 55.0 Å². The van der Waals surface area contributed by atoms with Crippen molar-refractivity contribution in [2.75, 3.05) is 13.2 Å². The number of likely N-dealkylation sites (tertiary alicyclic amines) is 1. The van der Waals surface area contributed by atoms with Gasteiger partial charge in [-0.05, 0) is 37.0 Å². The third-order valence-electron chi connectivity index (χ3n) is 5.03. The van der Waals surface area contributed by atoms with Crippen LogP contribution in [0.1, 0.15) is 24.5 Å². The molecule has 1 aliphatic heterocycles. The summed E-state index contributed by atoms with van der Waals surface area (Å²) >= 11 is 0. The summed E-state index contributed by atoms with van der Waals surface area (Å²) in [5.74, 6) is 0.123. The highest BCUT2D eigenvalue weighted by Gasteiger charge is 2.36. The third kappa shape index (κ3) is 4.91. The van der Waals surface area contributed by atoms with E-state index in [9.17, 15) is 13.2 Å². The fraction of sp³-hybridized carbons (Fsp3) is 0.381. The predicted octanol–water partition coefficient (Wildman–Crippen LogP) is 3.75. The largest absolute Gasteiger partial charge is 0.445 e. The molecule has 6 nitrogen and oxygen atoms in total. The van der Waals surface area contributed by atoms with Gasteiger partial charge in [0.15, 0.2) is 0 Å². The van der Waals surface area contributed by atoms with Gasteiger partial charge < -0.3 is 9.64 Å². The van der Waals surface area contributed by atoms with Crippen molar-refractivity contribution in [1.82, 2.24) is 4.90 Å². The average Bonchev–Trinajstić information content (AvgIpc) is 3.06. The Morgan fingerprint density at radius 2 is 1.79 bits per heavy atom. The molecule has 0 unspecified atom stereocenters. The Hall–Kier alpha value is -2.38. The molecule has 0 aromatic heterocycles. The highest BCUT2D eigenvalue weighted by atomic mass is 32.2. The summed E-state index contributed by atoms with van der Waals surface area (Å²) in [4.78, 5) is 14.2. The topological polar surface area (TPSA) is 72.9 Å². The highest BCUT2D eigenvalue weighted by molar-refractivity contribution is 7.86. The van der Waals surface area contributed by atoms with Crippen molar-refractivity contribution >= 4 is 16.2 Å². The molecule has 0 aliphatic carbocycles. The van der Waals surface area contributed by atoms with E-state index in [2.05, 4.69) is 0 Å². The van der Waals surface area contributed by atoms with Crippen LogP contribution in [0.25, 0.3) is 0 Å². The van der Waals surface area contributed by atoms with Gasteiger partial charge in [-0.3, -0.25) is 4.18 Å². The lowest BCUT2D eigenvalue weighted by Crippen LogP contribution is -2.41. The zero-order chi connectivity index (χ0) is 20.1. The summed E-state index contributed by atoms with van der Waals surface area (Å²) in [7, 11) is -3.87. The Kier molecular flexibility index (Phi) is 6.36. The number of hydrogen-bond donors (Lipinski definition) is 0. The Morgan fingerprint density at radius 3 is 2.46 bits per heavy atom. The molecule has 2 atom stereocenters. The minimum absolute atomic E-state index is 0.0855. The molecular formula is C21H25NO5S. The first-order valence-electron chi connectivity index (χ1n) is 9.30. The zero-order valence-electron chi connectivity index (χ0n) is 16.1. The third-order valence-corrected chi connectivity index (χ3v) is 6.32. The van der Waals surface area contributed by atoms with Gasteiger partial charge in [-0.25, -0.2) is 4.79 Å². The van der Waals surface area contributed by atoms with E-state index in [0.29, 0.717) is 6.54 Å². The van der Waals surface area contributed by atoms with Gasteiger partial charge >= 0.3 is 6.09 Å². The molecule has 1 amide bonds. The van der Waals surface area contributed by atoms with Crippen molar-refractivity contribution in [3.63, 3.8) is 0 Å². The Labute approximate surface area is 166 Å². The van der Waals surface area contributed by atoms with Crippen LogP contribution < -0.4 is 0 Å². The smallest absolute Gasteiger partial charge is 0.410 e. The van der Waals surface area contributed by atoms with Crippen molar-refractivity contribution in [2.45, 2.75) is 37.8 Å². The lowest BCUT2D eigenvalue weighted by atomic mass is 10.0. The minimum atomic E-state index is -3.87. The maximum Gasteiger partial charge on any atom is 0.410 e. The summed E-state index contributed by atoms with van der Waals surface area (Å²) in [5.41, 5.74) is 1.87. The van der Waals surface area contributed by atoms with Crippen LogP contribution in [0.15, 0.2) is 59.5 Å². The van der Waals surface area contributed by atoms with Gasteiger partial charge in [0.05, 0.1) is 17.5 Å². The van der Waals surface area contributed by atoms with Crippen LogP contribution in [0.2, 0.25) is 0 Å². The van der Waals surface area contributed by atoms with E-state index in [1.807, 2.05) is 44.2 Å². The maximum atomic E-state index is 12.5. The maximum absolute atomic E-state index is 12.5. The highest BCUT2D eigenvalue weighted by Crippen LogP contribution is 2.26. The van der Waals surface area contributed by atoms with Gasteiger partial charge in [0.1, 0.15) is 6.61 Å². The second kappa shape index (κ2) is 8.75. The molecule has 1 fully saturated rings. The molecule has 7 heteroatoms. The molecule has 0 N–H and O–H groups in total. The van der Waals surface area contributed by atoms with Gasteiger partial charge in [-0.2, -0.15) is 8.42 Å². The van der Waals surface area contributed by atoms with Crippen molar-refractivity contribution in [2.24, 2.45) is 5.92 Å². The Balaban J connectivity index is 1.61. The summed E-state index contributed by atoms with van der Waals surface area (Å²) in [5, 5.41) is 0. The number of ether oxygens (including phenoxy) is 1. The second-order valence-corrected chi connectivity index (χ2v) is 8.73. The van der Waals surface area contributed by atoms with Crippen LogP contribution in [0, 0.1) is 12.8 Å². The molecule has 0 radical (unpaired) electrons. The van der Waals surface area contributed by atoms with Crippen LogP contribution >= 0.6 is 0 Å². The number of aryl methyl sites for hydroxylation is 1. The van der Waals surface area contributed by atoms with Crippen LogP contribution in [0.5, 0.6) is 0 Å². The minimum Gasteiger partial charge on any atom is -0.445 e. The van der Waals surface area contributed by atoms with E-state index >= 15 is 0 Å². The first-order chi connectivity index (χ1) is 13.4. The fourth-order valence-corrected chi connectivity index (χ4v) is 4.15. The SMILES string of the molecule is Cc1ccc(S(=O)(=O)OC[C@@H]2[C@H](C)CCN2C(=O)OCc2ccccc2)cc1. The molecule has 2 aromatic rings. The second-order valence-electron chi connectivity index (χ2n) is 7.12. The number of hydrogen-bond acceptors (Lipinski definition) is 5. The van der Waals surface area contributed by atoms with E-state index in [4.69, 9.17) is 8.92 Å². The summed E-state index contributed by atoms with van der Waals surface area (Å²) in [6, 6.07) is 15.6. The van der Waals surface area contributed by atoms with Gasteiger partial charge in [0.25, 0.3) is 10.1 Å². The molecule has 1 aliphatic rings. The van der Waals surface area contributed by atoms with Gasteiger partial charge in [0.2, 0.25) is 0 Å². The molecular weight excluding hydrogens is 378 g/mol. The number of carbonyl (C=O) groups excluding carboxylic acids is 1. The van der Waals surface area contributed by atoms with E-state index < -0.39 is 16.2 Å². The Bertz CT molecular complexity index is 896. The van der Waals surface area contributed by atoms with E-state index in [0.717, 1.165) is 17.5 Å². The first-order valence-corrected chi connectivity index (χ1v) is 10.7. The number of nitrogens with zero attached hydrogens (tertiary/aromatic N) is 1. The fourth-order valence-electron chi connectivity index (χ4n) is 3.22. The number of benzene rings is 2. The molecule has 0 bridgehead atoms. The molecule has 0 saturated carbocycles. The van der Waals surface area contributed by atoms with Crippen LogP contribution in [0.3, 0.4) is 0 Å². The monoisotopic (exact) mass is 403 g/mol. The van der Waals surface area contributed by atoms with E-state index in [-0.39, 0.29) is 30.1 Å². The van der Waals surface area contributed by atoms with Crippen molar-refractivity contribution < 1.29 is 22.1 Å². The standard InChI is InChI=1S/C21H25NO5S/c1-16-8-10-19(11-9-16)28(24,25)27-15-20-17(2)12-13-22(20)21(23)26-14-18-6-4-3-5-7-18/h3-11,17,20H,12-15H2,1-2H3/t17-,20-/m1/s1. The molecule has 28 heavy (non-hydrogen) atoms. The molecule has 0 spiro atoms. The van der Waals surface area contributed by atoms with Crippen molar-refractivity contribution in [3.05, 3.63) is 65.7 Å². The van der Waals surface area contributed by atoms with Crippen LogP contribution in [-0.2, 0) is 25.6 Å². The molecule has 150 valence electrons. The van der Waals surface area contributed by atoms with Crippen LogP contribution in [0.4, 0.5) is 4.79 Å². The van der Waals surface area contributed by atoms with Gasteiger partial charge in [0, 0.05) is 6.54 Å². The summed E-state index contributed by atoms with van der Waals surface area (Å²) in [6.45, 7) is 4.48. The molecule has 3 rings (SSSR count). The molecule has 1 heterocycles. The summed E-state index contributed by atoms with van der Waals surface area (Å²) < 4.78 is 35.6. The number of carbonyl (C=O) groups is 1. The predicted molar refractivity (Wildman–Crippen MR) is 105 cm³/mol. The number of amides is 1. The van der Waals surface area contributed by atoms with Crippen molar-refractivity contribution in [1.29, 1.82) is 0 Å². The van der Waals surface area contributed by atoms with Crippen LogP contribution in [-0.4, -0.2) is 38.6 Å². The zero-order valence-corrected chi connectivity index (χ0v) is 16.9. The molecule has 1 saturated heterocycles. The number of rotatable bonds is 6. The quantitative estimate of drug-likeness (QED) is 0.687. The normalized spacial score (nSPS) is 19.6. The average molecular weight is 404 g/mol. The van der Waals surface area contributed by atoms with Gasteiger partial charge in [-0.15, -0.1) is 0 Å². The van der Waals surface area contributed by atoms with Crippen molar-refractivity contribution in [3.8, 4) is 0 Å². The Morgan fingerprint density at radius 1 is 1.11 bits per heavy atom. The van der Waals surface area contributed by atoms with E-state index in [1.54, 1.807) is 17.0 Å². The molecule has 2 aromatic carbocycles. The first kappa shape index (κ1) is 20.4. The lowest BCUT2D eigenvalue weighted by Gasteiger charge is -2.26.